The van der Waals surface area contributed by atoms with E-state index >= 15 is 0 Å². The molecule has 0 aromatic carbocycles. The summed E-state index contributed by atoms with van der Waals surface area (Å²) >= 11 is 0. The first-order chi connectivity index (χ1) is 7.56. The lowest BCUT2D eigenvalue weighted by Crippen LogP contribution is -1.87. The van der Waals surface area contributed by atoms with Crippen molar-refractivity contribution < 1.29 is 8.42 Å². The fourth-order valence-electron chi connectivity index (χ4n) is 1.64. The predicted molar refractivity (Wildman–Crippen MR) is 71.2 cm³/mol. The summed E-state index contributed by atoms with van der Waals surface area (Å²) in [5.74, 6) is 0. The van der Waals surface area contributed by atoms with Gasteiger partial charge in [-0.05, 0) is 12.8 Å². The van der Waals surface area contributed by atoms with Crippen molar-refractivity contribution in [2.24, 2.45) is 0 Å². The monoisotopic (exact) mass is 246 g/mol. The van der Waals surface area contributed by atoms with Gasteiger partial charge < -0.3 is 0 Å². The molecule has 0 bridgehead atoms. The summed E-state index contributed by atoms with van der Waals surface area (Å²) in [6.45, 7) is 2.23. The summed E-state index contributed by atoms with van der Waals surface area (Å²) in [5.41, 5.74) is 0. The van der Waals surface area contributed by atoms with E-state index in [1.807, 2.05) is 0 Å². The highest BCUT2D eigenvalue weighted by molar-refractivity contribution is 7.93. The van der Waals surface area contributed by atoms with Crippen molar-refractivity contribution in [3.05, 3.63) is 11.5 Å². The quantitative estimate of drug-likeness (QED) is 0.544. The van der Waals surface area contributed by atoms with Crippen molar-refractivity contribution in [3.8, 4) is 0 Å². The third-order valence-electron chi connectivity index (χ3n) is 2.57. The van der Waals surface area contributed by atoms with E-state index in [0.29, 0.717) is 0 Å². The molecule has 0 rings (SSSR count). The molecule has 0 aromatic rings. The van der Waals surface area contributed by atoms with Crippen LogP contribution >= 0.6 is 0 Å². The van der Waals surface area contributed by atoms with Gasteiger partial charge in [0.25, 0.3) is 0 Å². The number of hydrogen-bond acceptors (Lipinski definition) is 2. The van der Waals surface area contributed by atoms with Crippen LogP contribution < -0.4 is 0 Å². The zero-order chi connectivity index (χ0) is 12.3. The summed E-state index contributed by atoms with van der Waals surface area (Å²) in [6.07, 6.45) is 14.2. The Balaban J connectivity index is 3.19. The molecule has 0 aliphatic carbocycles. The number of sulfone groups is 1. The van der Waals surface area contributed by atoms with Crippen LogP contribution in [0.1, 0.15) is 64.7 Å². The van der Waals surface area contributed by atoms with E-state index in [4.69, 9.17) is 0 Å². The van der Waals surface area contributed by atoms with Crippen LogP contribution in [0.25, 0.3) is 0 Å². The summed E-state index contributed by atoms with van der Waals surface area (Å²) in [5, 5.41) is 1.31. The SMILES string of the molecule is CCCCCCCCCCC=CS(C)(=O)=O. The van der Waals surface area contributed by atoms with Gasteiger partial charge in [-0.3, -0.25) is 0 Å². The van der Waals surface area contributed by atoms with E-state index in [9.17, 15) is 8.42 Å². The summed E-state index contributed by atoms with van der Waals surface area (Å²) in [6, 6.07) is 0. The maximum Gasteiger partial charge on any atom is 0.168 e. The van der Waals surface area contributed by atoms with Gasteiger partial charge >= 0.3 is 0 Å². The third-order valence-corrected chi connectivity index (χ3v) is 3.25. The summed E-state index contributed by atoms with van der Waals surface area (Å²) in [4.78, 5) is 0. The summed E-state index contributed by atoms with van der Waals surface area (Å²) < 4.78 is 21.6. The van der Waals surface area contributed by atoms with E-state index in [0.717, 1.165) is 12.8 Å². The highest BCUT2D eigenvalue weighted by Crippen LogP contribution is 2.09. The molecule has 0 aromatic heterocycles. The zero-order valence-corrected chi connectivity index (χ0v) is 11.6. The van der Waals surface area contributed by atoms with Gasteiger partial charge in [-0.1, -0.05) is 57.9 Å². The van der Waals surface area contributed by atoms with Gasteiger partial charge in [0.1, 0.15) is 0 Å². The molecule has 16 heavy (non-hydrogen) atoms. The van der Waals surface area contributed by atoms with Crippen molar-refractivity contribution in [1.82, 2.24) is 0 Å². The molecule has 0 amide bonds. The molecule has 0 aliphatic rings. The Morgan fingerprint density at radius 3 is 1.88 bits per heavy atom. The molecule has 0 saturated heterocycles. The minimum absolute atomic E-state index is 0.891. The van der Waals surface area contributed by atoms with Gasteiger partial charge in [-0.15, -0.1) is 0 Å². The molecule has 0 aliphatic heterocycles. The van der Waals surface area contributed by atoms with E-state index < -0.39 is 9.84 Å². The van der Waals surface area contributed by atoms with E-state index in [1.165, 1.54) is 56.6 Å². The number of allylic oxidation sites excluding steroid dienone is 1. The third kappa shape index (κ3) is 13.7. The first-order valence-corrected chi connectivity index (χ1v) is 8.38. The highest BCUT2D eigenvalue weighted by atomic mass is 32.2. The van der Waals surface area contributed by atoms with Gasteiger partial charge in [0.05, 0.1) is 0 Å². The lowest BCUT2D eigenvalue weighted by molar-refractivity contribution is 0.577. The molecule has 0 fully saturated rings. The number of unbranched alkanes of at least 4 members (excludes halogenated alkanes) is 8. The maximum absolute atomic E-state index is 10.8. The van der Waals surface area contributed by atoms with Gasteiger partial charge in [0, 0.05) is 11.7 Å². The minimum Gasteiger partial charge on any atom is -0.225 e. The van der Waals surface area contributed by atoms with Gasteiger partial charge in [-0.25, -0.2) is 8.42 Å². The number of hydrogen-bond donors (Lipinski definition) is 0. The van der Waals surface area contributed by atoms with Crippen LogP contribution in [0.3, 0.4) is 0 Å². The molecule has 2 nitrogen and oxygen atoms in total. The Kier molecular flexibility index (Phi) is 9.69. The Hall–Kier alpha value is -0.310. The fraction of sp³-hybridized carbons (Fsp3) is 0.846. The van der Waals surface area contributed by atoms with Crippen LogP contribution in [-0.4, -0.2) is 14.7 Å². The van der Waals surface area contributed by atoms with Crippen molar-refractivity contribution in [1.29, 1.82) is 0 Å². The van der Waals surface area contributed by atoms with Crippen molar-refractivity contribution in [2.45, 2.75) is 64.7 Å². The smallest absolute Gasteiger partial charge is 0.168 e. The van der Waals surface area contributed by atoms with Gasteiger partial charge in [0.15, 0.2) is 9.84 Å². The van der Waals surface area contributed by atoms with Crippen molar-refractivity contribution in [2.75, 3.05) is 6.26 Å². The molecule has 0 radical (unpaired) electrons. The minimum atomic E-state index is -2.91. The second-order valence-corrected chi connectivity index (χ2v) is 6.40. The zero-order valence-electron chi connectivity index (χ0n) is 10.7. The first kappa shape index (κ1) is 15.7. The van der Waals surface area contributed by atoms with Crippen molar-refractivity contribution in [3.63, 3.8) is 0 Å². The topological polar surface area (TPSA) is 34.1 Å². The molecule has 0 saturated carbocycles. The average Bonchev–Trinajstić information content (AvgIpc) is 2.19. The lowest BCUT2D eigenvalue weighted by Gasteiger charge is -1.99. The number of rotatable bonds is 10. The Bertz CT molecular complexity index is 266. The molecular weight excluding hydrogens is 220 g/mol. The molecular formula is C13H26O2S. The highest BCUT2D eigenvalue weighted by Gasteiger charge is 1.93. The van der Waals surface area contributed by atoms with E-state index in [1.54, 1.807) is 6.08 Å². The maximum atomic E-state index is 10.8. The predicted octanol–water partition coefficient (Wildman–Crippen LogP) is 4.08. The lowest BCUT2D eigenvalue weighted by atomic mass is 10.1. The first-order valence-electron chi connectivity index (χ1n) is 6.43. The molecule has 0 spiro atoms. The second kappa shape index (κ2) is 9.88. The molecule has 0 heterocycles. The largest absolute Gasteiger partial charge is 0.225 e. The Labute approximate surface area is 101 Å². The standard InChI is InChI=1S/C13H26O2S/c1-3-4-5-6-7-8-9-10-11-12-13-16(2,14)15/h12-13H,3-11H2,1-2H3. The molecule has 96 valence electrons. The van der Waals surface area contributed by atoms with Crippen LogP contribution in [0.15, 0.2) is 11.5 Å². The fourth-order valence-corrected chi connectivity index (χ4v) is 2.12. The van der Waals surface area contributed by atoms with Crippen LogP contribution in [0, 0.1) is 0 Å². The van der Waals surface area contributed by atoms with Crippen molar-refractivity contribution >= 4 is 9.84 Å². The molecule has 0 unspecified atom stereocenters. The van der Waals surface area contributed by atoms with E-state index in [2.05, 4.69) is 6.92 Å². The van der Waals surface area contributed by atoms with Gasteiger partial charge in [-0.2, -0.15) is 0 Å². The second-order valence-electron chi connectivity index (χ2n) is 4.46. The van der Waals surface area contributed by atoms with Crippen LogP contribution in [0.2, 0.25) is 0 Å². The summed E-state index contributed by atoms with van der Waals surface area (Å²) in [7, 11) is -2.91. The molecule has 0 atom stereocenters. The van der Waals surface area contributed by atoms with Crippen LogP contribution in [0.4, 0.5) is 0 Å². The van der Waals surface area contributed by atoms with Crippen LogP contribution in [-0.2, 0) is 9.84 Å². The normalized spacial score (nSPS) is 12.4. The average molecular weight is 246 g/mol. The van der Waals surface area contributed by atoms with Gasteiger partial charge in [0.2, 0.25) is 0 Å². The molecule has 0 N–H and O–H groups in total. The Morgan fingerprint density at radius 2 is 1.38 bits per heavy atom. The molecule has 3 heteroatoms. The Morgan fingerprint density at radius 1 is 0.875 bits per heavy atom. The van der Waals surface area contributed by atoms with E-state index in [-0.39, 0.29) is 0 Å². The van der Waals surface area contributed by atoms with Crippen LogP contribution in [0.5, 0.6) is 0 Å².